The maximum Gasteiger partial charge on any atom is 0.328 e. The highest BCUT2D eigenvalue weighted by Gasteiger charge is 2.07. The summed E-state index contributed by atoms with van der Waals surface area (Å²) in [5.41, 5.74) is 2.36. The normalized spacial score (nSPS) is 10.9. The van der Waals surface area contributed by atoms with Gasteiger partial charge in [0.25, 0.3) is 0 Å². The number of benzene rings is 1. The second-order valence-electron chi connectivity index (χ2n) is 4.41. The van der Waals surface area contributed by atoms with Crippen LogP contribution in [0.3, 0.4) is 0 Å². The molecular weight excluding hydrogens is 256 g/mol. The molecule has 5 heteroatoms. The molecule has 1 aromatic carbocycles. The lowest BCUT2D eigenvalue weighted by atomic mass is 10.2. The molecule has 102 valence electrons. The highest BCUT2D eigenvalue weighted by Crippen LogP contribution is 2.13. The fourth-order valence-corrected chi connectivity index (χ4v) is 1.87. The fourth-order valence-electron chi connectivity index (χ4n) is 1.87. The van der Waals surface area contributed by atoms with E-state index in [1.807, 2.05) is 31.2 Å². The Balaban J connectivity index is 2.61. The Kier molecular flexibility index (Phi) is 3.79. The van der Waals surface area contributed by atoms with Crippen LogP contribution in [-0.4, -0.2) is 20.9 Å². The van der Waals surface area contributed by atoms with Crippen molar-refractivity contribution in [1.29, 1.82) is 0 Å². The van der Waals surface area contributed by atoms with E-state index in [0.29, 0.717) is 5.69 Å². The third-order valence-electron chi connectivity index (χ3n) is 2.86. The number of carbonyl (C=O) groups is 1. The predicted octanol–water partition coefficient (Wildman–Crippen LogP) is 1.95. The second kappa shape index (κ2) is 5.52. The van der Waals surface area contributed by atoms with E-state index in [9.17, 15) is 9.59 Å². The van der Waals surface area contributed by atoms with Gasteiger partial charge >= 0.3 is 5.97 Å². The average Bonchev–Trinajstić information content (AvgIpc) is 2.39. The third-order valence-corrected chi connectivity index (χ3v) is 2.86. The minimum atomic E-state index is -1.12. The van der Waals surface area contributed by atoms with Crippen molar-refractivity contribution < 1.29 is 9.90 Å². The Hall–Kier alpha value is -2.69. The van der Waals surface area contributed by atoms with Crippen LogP contribution in [-0.2, 0) is 4.79 Å². The number of aliphatic carboxylic acids is 1. The van der Waals surface area contributed by atoms with Crippen LogP contribution < -0.4 is 5.43 Å². The summed E-state index contributed by atoms with van der Waals surface area (Å²) in [5.74, 6) is -1.12. The van der Waals surface area contributed by atoms with Gasteiger partial charge in [-0.05, 0) is 31.6 Å². The molecular formula is C15H14N2O3. The minimum absolute atomic E-state index is 0.0984. The number of nitrogens with zero attached hydrogens (tertiary/aromatic N) is 2. The van der Waals surface area contributed by atoms with Gasteiger partial charge in [-0.3, -0.25) is 4.79 Å². The molecule has 0 saturated carbocycles. The third kappa shape index (κ3) is 2.83. The largest absolute Gasteiger partial charge is 0.478 e. The molecule has 0 radical (unpaired) electrons. The van der Waals surface area contributed by atoms with E-state index in [1.54, 1.807) is 11.6 Å². The van der Waals surface area contributed by atoms with Gasteiger partial charge in [0.1, 0.15) is 5.69 Å². The highest BCUT2D eigenvalue weighted by molar-refractivity contribution is 5.84. The van der Waals surface area contributed by atoms with E-state index >= 15 is 0 Å². The topological polar surface area (TPSA) is 72.2 Å². The number of carboxylic acid groups (broad SMARTS) is 1. The van der Waals surface area contributed by atoms with Gasteiger partial charge in [0.15, 0.2) is 0 Å². The standard InChI is InChI=1S/C15H14N2O3/c1-10-5-3-4-6-13(10)17-11(2)9-14(18)12(16-17)7-8-15(19)20/h3-9H,1-2H3,(H,19,20)/b8-7+. The summed E-state index contributed by atoms with van der Waals surface area (Å²) in [4.78, 5) is 22.3. The first-order chi connectivity index (χ1) is 9.49. The molecule has 0 atom stereocenters. The molecule has 0 saturated heterocycles. The maximum absolute atomic E-state index is 11.8. The van der Waals surface area contributed by atoms with Gasteiger partial charge in [0.2, 0.25) is 5.43 Å². The summed E-state index contributed by atoms with van der Waals surface area (Å²) < 4.78 is 1.64. The number of rotatable bonds is 3. The SMILES string of the molecule is Cc1ccccc1-n1nc(/C=C/C(=O)O)c(=O)cc1C. The molecule has 0 fully saturated rings. The monoisotopic (exact) mass is 270 g/mol. The van der Waals surface area contributed by atoms with Crippen molar-refractivity contribution in [3.8, 4) is 5.69 Å². The summed E-state index contributed by atoms with van der Waals surface area (Å²) in [6, 6.07) is 9.09. The lowest BCUT2D eigenvalue weighted by Gasteiger charge is -2.12. The molecule has 5 nitrogen and oxygen atoms in total. The number of hydrogen-bond acceptors (Lipinski definition) is 3. The molecule has 0 unspecified atom stereocenters. The van der Waals surface area contributed by atoms with Crippen LogP contribution in [0.25, 0.3) is 11.8 Å². The zero-order valence-electron chi connectivity index (χ0n) is 11.2. The highest BCUT2D eigenvalue weighted by atomic mass is 16.4. The van der Waals surface area contributed by atoms with Crippen LogP contribution in [0.5, 0.6) is 0 Å². The smallest absolute Gasteiger partial charge is 0.328 e. The lowest BCUT2D eigenvalue weighted by molar-refractivity contribution is -0.131. The zero-order chi connectivity index (χ0) is 14.7. The molecule has 0 spiro atoms. The summed E-state index contributed by atoms with van der Waals surface area (Å²) in [6.07, 6.45) is 2.11. The van der Waals surface area contributed by atoms with E-state index < -0.39 is 5.97 Å². The summed E-state index contributed by atoms with van der Waals surface area (Å²) in [5, 5.41) is 12.9. The molecule has 0 bridgehead atoms. The van der Waals surface area contributed by atoms with Crippen molar-refractivity contribution in [3.63, 3.8) is 0 Å². The number of para-hydroxylation sites is 1. The number of carboxylic acids is 1. The van der Waals surface area contributed by atoms with E-state index in [4.69, 9.17) is 5.11 Å². The first-order valence-electron chi connectivity index (χ1n) is 6.07. The van der Waals surface area contributed by atoms with Crippen LogP contribution in [0.15, 0.2) is 41.2 Å². The lowest BCUT2D eigenvalue weighted by Crippen LogP contribution is -2.17. The van der Waals surface area contributed by atoms with E-state index in [1.165, 1.54) is 12.1 Å². The van der Waals surface area contributed by atoms with E-state index in [2.05, 4.69) is 5.10 Å². The van der Waals surface area contributed by atoms with Gasteiger partial charge < -0.3 is 5.11 Å². The minimum Gasteiger partial charge on any atom is -0.478 e. The van der Waals surface area contributed by atoms with Gasteiger partial charge in [-0.15, -0.1) is 0 Å². The molecule has 1 aromatic heterocycles. The van der Waals surface area contributed by atoms with Crippen LogP contribution in [0.4, 0.5) is 0 Å². The van der Waals surface area contributed by atoms with E-state index in [0.717, 1.165) is 17.3 Å². The molecule has 0 aliphatic carbocycles. The van der Waals surface area contributed by atoms with Gasteiger partial charge in [0.05, 0.1) is 5.69 Å². The molecule has 1 N–H and O–H groups in total. The Morgan fingerprint density at radius 1 is 1.30 bits per heavy atom. The molecule has 20 heavy (non-hydrogen) atoms. The Labute approximate surface area is 115 Å². The van der Waals surface area contributed by atoms with E-state index in [-0.39, 0.29) is 11.1 Å². The van der Waals surface area contributed by atoms with Crippen molar-refractivity contribution in [2.75, 3.05) is 0 Å². The van der Waals surface area contributed by atoms with Crippen molar-refractivity contribution in [2.24, 2.45) is 0 Å². The second-order valence-corrected chi connectivity index (χ2v) is 4.41. The molecule has 0 aliphatic rings. The molecule has 0 amide bonds. The Morgan fingerprint density at radius 3 is 2.65 bits per heavy atom. The van der Waals surface area contributed by atoms with Gasteiger partial charge in [-0.25, -0.2) is 9.48 Å². The number of aryl methyl sites for hydroxylation is 2. The van der Waals surface area contributed by atoms with Crippen LogP contribution >= 0.6 is 0 Å². The Morgan fingerprint density at radius 2 is 2.00 bits per heavy atom. The predicted molar refractivity (Wildman–Crippen MR) is 76.0 cm³/mol. The maximum atomic E-state index is 11.8. The van der Waals surface area contributed by atoms with Gasteiger partial charge in [-0.1, -0.05) is 18.2 Å². The molecule has 2 aromatic rings. The summed E-state index contributed by atoms with van der Waals surface area (Å²) >= 11 is 0. The van der Waals surface area contributed by atoms with Crippen LogP contribution in [0.2, 0.25) is 0 Å². The van der Waals surface area contributed by atoms with Crippen LogP contribution in [0, 0.1) is 13.8 Å². The van der Waals surface area contributed by atoms with Crippen molar-refractivity contribution in [3.05, 3.63) is 63.6 Å². The van der Waals surface area contributed by atoms with Gasteiger partial charge in [-0.2, -0.15) is 5.10 Å². The number of aromatic nitrogens is 2. The van der Waals surface area contributed by atoms with Crippen LogP contribution in [0.1, 0.15) is 17.0 Å². The fraction of sp³-hybridized carbons (Fsp3) is 0.133. The first-order valence-corrected chi connectivity index (χ1v) is 6.07. The summed E-state index contributed by atoms with van der Waals surface area (Å²) in [6.45, 7) is 3.73. The van der Waals surface area contributed by atoms with Crippen molar-refractivity contribution in [2.45, 2.75) is 13.8 Å². The van der Waals surface area contributed by atoms with Crippen molar-refractivity contribution >= 4 is 12.0 Å². The van der Waals surface area contributed by atoms with Gasteiger partial charge in [0, 0.05) is 17.8 Å². The molecule has 0 aliphatic heterocycles. The first kappa shape index (κ1) is 13.7. The molecule has 2 rings (SSSR count). The number of hydrogen-bond donors (Lipinski definition) is 1. The zero-order valence-corrected chi connectivity index (χ0v) is 11.2. The Bertz CT molecular complexity index is 745. The molecule has 1 heterocycles. The van der Waals surface area contributed by atoms with Crippen molar-refractivity contribution in [1.82, 2.24) is 9.78 Å². The average molecular weight is 270 g/mol. The quantitative estimate of drug-likeness (QED) is 0.865. The summed E-state index contributed by atoms with van der Waals surface area (Å²) in [7, 11) is 0.